The van der Waals surface area contributed by atoms with Crippen molar-refractivity contribution in [3.05, 3.63) is 10.9 Å². The van der Waals surface area contributed by atoms with Gasteiger partial charge in [-0.25, -0.2) is 4.39 Å². The number of hydroxylamine groups is 2. The van der Waals surface area contributed by atoms with E-state index in [1.54, 1.807) is 5.38 Å². The number of carbonyl (C=O) groups is 2. The lowest BCUT2D eigenvalue weighted by Crippen LogP contribution is -2.60. The van der Waals surface area contributed by atoms with Crippen molar-refractivity contribution in [2.45, 2.75) is 25.2 Å². The van der Waals surface area contributed by atoms with Crippen molar-refractivity contribution >= 4 is 23.2 Å². The van der Waals surface area contributed by atoms with Gasteiger partial charge in [0.15, 0.2) is 10.8 Å². The molecule has 1 atom stereocenters. The maximum atomic E-state index is 14.7. The minimum absolute atomic E-state index is 0.0495. The molecule has 2 aliphatic rings. The fourth-order valence-corrected chi connectivity index (χ4v) is 2.95. The van der Waals surface area contributed by atoms with Gasteiger partial charge in [0.05, 0.1) is 19.2 Å². The summed E-state index contributed by atoms with van der Waals surface area (Å²) in [6, 6.07) is 0. The number of nitrogens with one attached hydrogen (secondary N) is 1. The molecule has 0 aliphatic carbocycles. The quantitative estimate of drug-likeness (QED) is 0.648. The van der Waals surface area contributed by atoms with E-state index in [4.69, 9.17) is 9.57 Å². The molecule has 19 heavy (non-hydrogen) atoms. The monoisotopic (exact) mass is 286 g/mol. The van der Waals surface area contributed by atoms with Crippen LogP contribution in [-0.4, -0.2) is 29.8 Å². The molecule has 1 fully saturated rings. The Hall–Kier alpha value is -1.67. The van der Waals surface area contributed by atoms with E-state index in [1.807, 2.05) is 5.32 Å². The molecular weight excluding hydrogens is 275 g/mol. The van der Waals surface area contributed by atoms with E-state index in [0.717, 1.165) is 5.06 Å². The molecule has 0 radical (unpaired) electrons. The lowest BCUT2D eigenvalue weighted by atomic mass is 10.0. The van der Waals surface area contributed by atoms with Crippen LogP contribution in [0.1, 0.15) is 18.4 Å². The number of amides is 2. The van der Waals surface area contributed by atoms with Crippen molar-refractivity contribution < 1.29 is 23.6 Å². The highest BCUT2D eigenvalue weighted by Gasteiger charge is 2.52. The SMILES string of the molecule is COc1scc2c1CN([C@]1(F)CCC(=O)NC1=O)O2. The minimum atomic E-state index is -2.32. The Bertz CT molecular complexity index is 561. The van der Waals surface area contributed by atoms with Gasteiger partial charge >= 0.3 is 0 Å². The normalized spacial score (nSPS) is 26.8. The smallest absolute Gasteiger partial charge is 0.282 e. The molecule has 6 nitrogen and oxygen atoms in total. The van der Waals surface area contributed by atoms with E-state index >= 15 is 0 Å². The first kappa shape index (κ1) is 12.4. The lowest BCUT2D eigenvalue weighted by molar-refractivity contribution is -0.208. The van der Waals surface area contributed by atoms with E-state index in [0.29, 0.717) is 16.4 Å². The molecule has 3 heterocycles. The highest BCUT2D eigenvalue weighted by molar-refractivity contribution is 7.12. The highest BCUT2D eigenvalue weighted by atomic mass is 32.1. The molecule has 1 aromatic heterocycles. The van der Waals surface area contributed by atoms with Gasteiger partial charge in [0, 0.05) is 18.2 Å². The van der Waals surface area contributed by atoms with Crippen LogP contribution in [0, 0.1) is 0 Å². The first-order valence-corrected chi connectivity index (χ1v) is 6.55. The van der Waals surface area contributed by atoms with Gasteiger partial charge < -0.3 is 9.57 Å². The summed E-state index contributed by atoms with van der Waals surface area (Å²) in [6.45, 7) is 0.111. The summed E-state index contributed by atoms with van der Waals surface area (Å²) in [4.78, 5) is 28.1. The van der Waals surface area contributed by atoms with Crippen LogP contribution in [0.15, 0.2) is 5.38 Å². The van der Waals surface area contributed by atoms with Gasteiger partial charge in [-0.2, -0.15) is 0 Å². The first-order chi connectivity index (χ1) is 9.04. The van der Waals surface area contributed by atoms with Gasteiger partial charge in [-0.15, -0.1) is 11.3 Å². The predicted molar refractivity (Wildman–Crippen MR) is 63.3 cm³/mol. The molecule has 3 rings (SSSR count). The molecule has 1 N–H and O–H groups in total. The summed E-state index contributed by atoms with van der Waals surface area (Å²) >= 11 is 1.35. The second kappa shape index (κ2) is 4.17. The summed E-state index contributed by atoms with van der Waals surface area (Å²) in [5, 5.41) is 5.29. The van der Waals surface area contributed by atoms with Crippen molar-refractivity contribution in [1.29, 1.82) is 0 Å². The highest BCUT2D eigenvalue weighted by Crippen LogP contribution is 2.44. The molecule has 8 heteroatoms. The molecule has 0 unspecified atom stereocenters. The number of alkyl halides is 1. The third-order valence-corrected chi connectivity index (χ3v) is 4.15. The van der Waals surface area contributed by atoms with Crippen LogP contribution >= 0.6 is 11.3 Å². The predicted octanol–water partition coefficient (Wildman–Crippen LogP) is 0.968. The van der Waals surface area contributed by atoms with Gasteiger partial charge in [0.1, 0.15) is 0 Å². The zero-order valence-corrected chi connectivity index (χ0v) is 10.9. The molecule has 102 valence electrons. The Morgan fingerprint density at radius 1 is 1.58 bits per heavy atom. The Morgan fingerprint density at radius 3 is 3.05 bits per heavy atom. The van der Waals surface area contributed by atoms with E-state index in [9.17, 15) is 14.0 Å². The average molecular weight is 286 g/mol. The first-order valence-electron chi connectivity index (χ1n) is 5.68. The van der Waals surface area contributed by atoms with E-state index in [2.05, 4.69) is 0 Å². The van der Waals surface area contributed by atoms with Crippen LogP contribution in [0.25, 0.3) is 0 Å². The number of fused-ring (bicyclic) bond motifs is 1. The number of methoxy groups -OCH3 is 1. The zero-order valence-electron chi connectivity index (χ0n) is 10.1. The molecule has 0 spiro atoms. The van der Waals surface area contributed by atoms with E-state index in [-0.39, 0.29) is 19.4 Å². The second-order valence-electron chi connectivity index (χ2n) is 4.33. The zero-order chi connectivity index (χ0) is 13.6. The number of carbonyl (C=O) groups excluding carboxylic acids is 2. The number of rotatable bonds is 2. The molecular formula is C11H11FN2O4S. The van der Waals surface area contributed by atoms with Crippen molar-refractivity contribution in [3.8, 4) is 10.8 Å². The Morgan fingerprint density at radius 2 is 2.37 bits per heavy atom. The van der Waals surface area contributed by atoms with Gasteiger partial charge in [-0.1, -0.05) is 5.06 Å². The van der Waals surface area contributed by atoms with Gasteiger partial charge in [0.2, 0.25) is 5.91 Å². The summed E-state index contributed by atoms with van der Waals surface area (Å²) in [7, 11) is 1.52. The number of imide groups is 1. The summed E-state index contributed by atoms with van der Waals surface area (Å²) in [5.74, 6) is -3.28. The summed E-state index contributed by atoms with van der Waals surface area (Å²) in [6.07, 6.45) is -0.264. The van der Waals surface area contributed by atoms with Crippen molar-refractivity contribution in [3.63, 3.8) is 0 Å². The van der Waals surface area contributed by atoms with E-state index < -0.39 is 17.6 Å². The molecule has 0 saturated carbocycles. The Balaban J connectivity index is 1.84. The molecule has 1 saturated heterocycles. The largest absolute Gasteiger partial charge is 0.487 e. The van der Waals surface area contributed by atoms with Gasteiger partial charge in [-0.3, -0.25) is 14.9 Å². The fraction of sp³-hybridized carbons (Fsp3) is 0.455. The third kappa shape index (κ3) is 1.79. The van der Waals surface area contributed by atoms with Gasteiger partial charge in [0.25, 0.3) is 11.7 Å². The number of ether oxygens (including phenoxy) is 1. The molecule has 2 aliphatic heterocycles. The van der Waals surface area contributed by atoms with Crippen molar-refractivity contribution in [1.82, 2.24) is 10.4 Å². The summed E-state index contributed by atoms with van der Waals surface area (Å²) < 4.78 is 19.9. The maximum Gasteiger partial charge on any atom is 0.282 e. The topological polar surface area (TPSA) is 67.9 Å². The number of halogens is 1. The maximum absolute atomic E-state index is 14.7. The number of nitrogens with zero attached hydrogens (tertiary/aromatic N) is 1. The minimum Gasteiger partial charge on any atom is -0.487 e. The lowest BCUT2D eigenvalue weighted by Gasteiger charge is -2.33. The Labute approximate surface area is 112 Å². The van der Waals surface area contributed by atoms with Crippen molar-refractivity contribution in [2.75, 3.05) is 7.11 Å². The van der Waals surface area contributed by atoms with Crippen LogP contribution in [0.4, 0.5) is 4.39 Å². The number of hydrogen-bond donors (Lipinski definition) is 1. The second-order valence-corrected chi connectivity index (χ2v) is 5.18. The number of piperidine rings is 1. The van der Waals surface area contributed by atoms with E-state index in [1.165, 1.54) is 18.4 Å². The molecule has 2 amide bonds. The fourth-order valence-electron chi connectivity index (χ4n) is 2.15. The molecule has 1 aromatic rings. The molecule has 0 bridgehead atoms. The molecule has 0 aromatic carbocycles. The standard InChI is InChI=1S/C11H11FN2O4S/c1-17-9-6-4-14(18-7(6)5-19-9)11(12)3-2-8(15)13-10(11)16/h5H,2-4H2,1H3,(H,13,15,16)/t11-/m1/s1. The van der Waals surface area contributed by atoms with Gasteiger partial charge in [-0.05, 0) is 0 Å². The summed E-state index contributed by atoms with van der Waals surface area (Å²) in [5.41, 5.74) is 0.717. The Kier molecular flexibility index (Phi) is 2.72. The van der Waals surface area contributed by atoms with Crippen LogP contribution in [-0.2, 0) is 16.1 Å². The van der Waals surface area contributed by atoms with Crippen LogP contribution < -0.4 is 14.9 Å². The van der Waals surface area contributed by atoms with Crippen molar-refractivity contribution in [2.24, 2.45) is 0 Å². The van der Waals surface area contributed by atoms with Crippen LogP contribution in [0.2, 0.25) is 0 Å². The number of thiophene rings is 1. The van der Waals surface area contributed by atoms with Crippen LogP contribution in [0.5, 0.6) is 10.8 Å². The third-order valence-electron chi connectivity index (χ3n) is 3.19. The number of hydrogen-bond acceptors (Lipinski definition) is 6. The van der Waals surface area contributed by atoms with Crippen LogP contribution in [0.3, 0.4) is 0 Å². The average Bonchev–Trinajstić information content (AvgIpc) is 2.94.